The van der Waals surface area contributed by atoms with Gasteiger partial charge in [-0.2, -0.15) is 0 Å². The van der Waals surface area contributed by atoms with Crippen molar-refractivity contribution < 1.29 is 0 Å². The number of hydrogen-bond acceptors (Lipinski definition) is 2. The molecule has 16 aromatic rings. The third kappa shape index (κ3) is 8.50. The van der Waals surface area contributed by atoms with Crippen molar-refractivity contribution >= 4 is 77.2 Å². The fraction of sp³-hybridized carbons (Fsp3) is 0.0435. The first-order valence-corrected chi connectivity index (χ1v) is 32.8. The third-order valence-electron chi connectivity index (χ3n) is 20.9. The van der Waals surface area contributed by atoms with Gasteiger partial charge < -0.3 is 9.80 Å². The number of anilines is 6. The second-order valence-corrected chi connectivity index (χ2v) is 25.7. The van der Waals surface area contributed by atoms with Crippen LogP contribution in [0.1, 0.15) is 36.1 Å². The summed E-state index contributed by atoms with van der Waals surface area (Å²) >= 11 is 0. The highest BCUT2D eigenvalue weighted by atomic mass is 15.2. The zero-order chi connectivity index (χ0) is 62.5. The number of rotatable bonds is 11. The molecule has 0 saturated carbocycles. The summed E-state index contributed by atoms with van der Waals surface area (Å²) in [7, 11) is 0. The van der Waals surface area contributed by atoms with Gasteiger partial charge in [0, 0.05) is 44.4 Å². The predicted octanol–water partition coefficient (Wildman–Crippen LogP) is 25.2. The van der Waals surface area contributed by atoms with Gasteiger partial charge in [-0.05, 0) is 182 Å². The summed E-state index contributed by atoms with van der Waals surface area (Å²) in [6.45, 7) is 5.21. The molecular formula is C92H64N2. The van der Waals surface area contributed by atoms with Crippen LogP contribution in [0.15, 0.2) is 352 Å². The van der Waals surface area contributed by atoms with E-state index < -0.39 is 10.8 Å². The highest BCUT2D eigenvalue weighted by molar-refractivity contribution is 6.19. The van der Waals surface area contributed by atoms with E-state index in [9.17, 15) is 0 Å². The minimum Gasteiger partial charge on any atom is -0.310 e. The van der Waals surface area contributed by atoms with Gasteiger partial charge in [0.15, 0.2) is 0 Å². The molecule has 2 atom stereocenters. The average molecular weight is 1200 g/mol. The molecule has 0 aromatic heterocycles. The van der Waals surface area contributed by atoms with E-state index >= 15 is 0 Å². The molecule has 2 heteroatoms. The second-order valence-electron chi connectivity index (χ2n) is 25.7. The van der Waals surface area contributed by atoms with Crippen LogP contribution in [-0.2, 0) is 10.8 Å². The molecule has 2 unspecified atom stereocenters. The maximum atomic E-state index is 2.62. The third-order valence-corrected chi connectivity index (χ3v) is 20.9. The lowest BCUT2D eigenvalue weighted by Gasteiger charge is -2.46. The Bertz CT molecular complexity index is 5140. The van der Waals surface area contributed by atoms with Gasteiger partial charge in [-0.3, -0.25) is 0 Å². The van der Waals surface area contributed by atoms with Crippen LogP contribution in [0.4, 0.5) is 34.1 Å². The molecule has 0 saturated heterocycles. The number of fused-ring (bicyclic) bond motifs is 14. The van der Waals surface area contributed by atoms with Crippen molar-refractivity contribution in [3.05, 3.63) is 374 Å². The Morgan fingerprint density at radius 3 is 0.766 bits per heavy atom. The molecule has 2 aliphatic rings. The number of hydrogen-bond donors (Lipinski definition) is 0. The Morgan fingerprint density at radius 2 is 0.447 bits per heavy atom. The van der Waals surface area contributed by atoms with Crippen LogP contribution in [0.2, 0.25) is 0 Å². The maximum absolute atomic E-state index is 2.62. The van der Waals surface area contributed by atoms with Gasteiger partial charge in [-0.15, -0.1) is 0 Å². The van der Waals surface area contributed by atoms with Crippen molar-refractivity contribution in [2.75, 3.05) is 9.80 Å². The summed E-state index contributed by atoms with van der Waals surface area (Å²) in [4.78, 5) is 5.10. The molecule has 0 N–H and O–H groups in total. The molecular weight excluding hydrogens is 1130 g/mol. The van der Waals surface area contributed by atoms with Crippen LogP contribution >= 0.6 is 0 Å². The van der Waals surface area contributed by atoms with Gasteiger partial charge in [0.05, 0.1) is 11.4 Å². The van der Waals surface area contributed by atoms with E-state index in [0.717, 1.165) is 56.4 Å². The summed E-state index contributed by atoms with van der Waals surface area (Å²) in [6.07, 6.45) is 0. The Hall–Kier alpha value is -11.8. The van der Waals surface area contributed by atoms with Gasteiger partial charge in [-0.25, -0.2) is 0 Å². The first-order valence-electron chi connectivity index (χ1n) is 32.8. The van der Waals surface area contributed by atoms with Crippen molar-refractivity contribution in [1.29, 1.82) is 0 Å². The molecule has 0 radical (unpaired) electrons. The quantitative estimate of drug-likeness (QED) is 0.127. The summed E-state index contributed by atoms with van der Waals surface area (Å²) in [5, 5.41) is 9.78. The fourth-order valence-electron chi connectivity index (χ4n) is 16.4. The summed E-state index contributed by atoms with van der Waals surface area (Å²) < 4.78 is 0. The fourth-order valence-corrected chi connectivity index (χ4v) is 16.4. The summed E-state index contributed by atoms with van der Waals surface area (Å²) in [5.41, 5.74) is 24.9. The van der Waals surface area contributed by atoms with Crippen molar-refractivity contribution in [1.82, 2.24) is 0 Å². The Morgan fingerprint density at radius 1 is 0.191 bits per heavy atom. The smallest absolute Gasteiger partial charge is 0.0543 e. The molecule has 18 rings (SSSR count). The Kier molecular flexibility index (Phi) is 12.8. The van der Waals surface area contributed by atoms with Gasteiger partial charge in [0.1, 0.15) is 0 Å². The minimum absolute atomic E-state index is 0.725. The zero-order valence-corrected chi connectivity index (χ0v) is 52.4. The van der Waals surface area contributed by atoms with Crippen molar-refractivity contribution in [3.8, 4) is 66.8 Å². The van der Waals surface area contributed by atoms with Gasteiger partial charge in [0.2, 0.25) is 0 Å². The van der Waals surface area contributed by atoms with Crippen LogP contribution in [0.3, 0.4) is 0 Å². The van der Waals surface area contributed by atoms with Crippen LogP contribution in [0.5, 0.6) is 0 Å². The molecule has 442 valence electrons. The van der Waals surface area contributed by atoms with E-state index in [-0.39, 0.29) is 0 Å². The lowest BCUT2D eigenvalue weighted by Crippen LogP contribution is -2.44. The Labute approximate surface area is 549 Å². The minimum atomic E-state index is -0.725. The van der Waals surface area contributed by atoms with Crippen LogP contribution in [0, 0.1) is 0 Å². The van der Waals surface area contributed by atoms with Gasteiger partial charge in [-0.1, -0.05) is 305 Å². The van der Waals surface area contributed by atoms with E-state index in [2.05, 4.69) is 375 Å². The maximum Gasteiger partial charge on any atom is 0.0543 e. The highest BCUT2D eigenvalue weighted by Crippen LogP contribution is 2.69. The second kappa shape index (κ2) is 21.9. The molecule has 16 aromatic carbocycles. The normalized spacial score (nSPS) is 15.2. The van der Waals surface area contributed by atoms with E-state index in [0.29, 0.717) is 0 Å². The van der Waals surface area contributed by atoms with E-state index in [1.807, 2.05) is 0 Å². The van der Waals surface area contributed by atoms with E-state index in [4.69, 9.17) is 0 Å². The van der Waals surface area contributed by atoms with Crippen molar-refractivity contribution in [2.24, 2.45) is 0 Å². The van der Waals surface area contributed by atoms with Gasteiger partial charge in [0.25, 0.3) is 0 Å². The number of benzene rings is 16. The Balaban J connectivity index is 0.963. The molecule has 0 amide bonds. The zero-order valence-electron chi connectivity index (χ0n) is 52.4. The van der Waals surface area contributed by atoms with E-state index in [1.54, 1.807) is 0 Å². The monoisotopic (exact) mass is 1200 g/mol. The number of nitrogens with zero attached hydrogens (tertiary/aromatic N) is 2. The lowest BCUT2D eigenvalue weighted by molar-refractivity contribution is 0.376. The standard InChI is InChI=1S/C92H64N2/c1-91(81-53-51-65-35-15-17-45-75(65)87(81)89-79-49-21-19-47-77(79)85(59-83(89)91)93(71-41-23-37-67(55-71)61-27-7-3-8-28-61)72-42-24-38-68(56-72)62-29-9-4-10-30-62)92(2)82-54-52-66-36-16-18-46-76(66)88(82)90-80-50-22-20-48-78(80)86(60-84(90)92)94(73-43-25-39-69(57-73)63-31-11-5-12-32-63)74-44-26-40-70(58-74)64-33-13-6-14-34-64/h3-60H,1-2H3. The largest absolute Gasteiger partial charge is 0.310 e. The van der Waals surface area contributed by atoms with Gasteiger partial charge >= 0.3 is 0 Å². The molecule has 0 bridgehead atoms. The first kappa shape index (κ1) is 55.0. The molecule has 2 aliphatic carbocycles. The predicted molar refractivity (Wildman–Crippen MR) is 398 cm³/mol. The SMILES string of the molecule is CC1(C2(C)c3ccc4ccccc4c3-c3c2cc(N(c2cccc(-c4ccccc4)c2)c2cccc(-c4ccccc4)c2)c2ccccc32)c2ccc3ccccc3c2-c2c1cc(N(c1cccc(-c3ccccc3)c1)c1cccc(-c3ccccc3)c1)c1ccccc21. The summed E-state index contributed by atoms with van der Waals surface area (Å²) in [5.74, 6) is 0. The topological polar surface area (TPSA) is 6.48 Å². The lowest BCUT2D eigenvalue weighted by atomic mass is 9.56. The van der Waals surface area contributed by atoms with Crippen molar-refractivity contribution in [2.45, 2.75) is 24.7 Å². The van der Waals surface area contributed by atoms with Crippen LogP contribution in [-0.4, -0.2) is 0 Å². The summed E-state index contributed by atoms with van der Waals surface area (Å²) in [6, 6.07) is 132. The molecule has 2 nitrogen and oxygen atoms in total. The molecule has 0 fully saturated rings. The molecule has 0 heterocycles. The average Bonchev–Trinajstić information content (AvgIpc) is 1.49. The van der Waals surface area contributed by atoms with E-state index in [1.165, 1.54) is 110 Å². The molecule has 0 aliphatic heterocycles. The molecule has 0 spiro atoms. The molecule has 94 heavy (non-hydrogen) atoms. The van der Waals surface area contributed by atoms with Crippen LogP contribution in [0.25, 0.3) is 110 Å². The van der Waals surface area contributed by atoms with Crippen LogP contribution < -0.4 is 9.80 Å². The highest BCUT2D eigenvalue weighted by Gasteiger charge is 2.59. The first-order chi connectivity index (χ1) is 46.4. The van der Waals surface area contributed by atoms with Crippen molar-refractivity contribution in [3.63, 3.8) is 0 Å².